The maximum Gasteiger partial charge on any atom is 0.232 e. The van der Waals surface area contributed by atoms with Gasteiger partial charge in [0, 0.05) is 25.5 Å². The second kappa shape index (κ2) is 7.58. The van der Waals surface area contributed by atoms with Gasteiger partial charge in [-0.3, -0.25) is 0 Å². The van der Waals surface area contributed by atoms with Crippen LogP contribution < -0.4 is 16.0 Å². The minimum absolute atomic E-state index is 0.216. The molecule has 1 aromatic heterocycles. The van der Waals surface area contributed by atoms with E-state index in [1.165, 1.54) is 0 Å². The van der Waals surface area contributed by atoms with Crippen LogP contribution in [-0.2, 0) is 9.84 Å². The summed E-state index contributed by atoms with van der Waals surface area (Å²) >= 11 is 0. The molecule has 0 aliphatic rings. The topological polar surface area (TPSA) is 109 Å². The number of benzene rings is 2. The van der Waals surface area contributed by atoms with E-state index in [9.17, 15) is 8.42 Å². The predicted octanol–water partition coefficient (Wildman–Crippen LogP) is 2.84. The Kier molecular flexibility index (Phi) is 5.22. The highest BCUT2D eigenvalue weighted by Crippen LogP contribution is 2.24. The number of hydrogen-bond donors (Lipinski definition) is 3. The zero-order valence-corrected chi connectivity index (χ0v) is 16.0. The third-order valence-electron chi connectivity index (χ3n) is 3.84. The third-order valence-corrected chi connectivity index (χ3v) is 5.63. The summed E-state index contributed by atoms with van der Waals surface area (Å²) in [5.41, 5.74) is 1.52. The first kappa shape index (κ1) is 18.6. The molecule has 0 aliphatic heterocycles. The summed E-state index contributed by atoms with van der Waals surface area (Å²) in [6.45, 7) is 1.77. The number of anilines is 4. The SMILES string of the molecule is CNc1ccc(S(=O)(=O)c2ccc(Nc3nc(C)nc(NC)n3)cc2)cc1. The molecule has 8 nitrogen and oxygen atoms in total. The Morgan fingerprint density at radius 2 is 1.22 bits per heavy atom. The van der Waals surface area contributed by atoms with Gasteiger partial charge in [0.05, 0.1) is 9.79 Å². The average Bonchev–Trinajstić information content (AvgIpc) is 2.68. The minimum atomic E-state index is -3.58. The first-order valence-electron chi connectivity index (χ1n) is 8.23. The molecule has 27 heavy (non-hydrogen) atoms. The van der Waals surface area contributed by atoms with Crippen LogP contribution >= 0.6 is 0 Å². The lowest BCUT2D eigenvalue weighted by molar-refractivity contribution is 0.596. The summed E-state index contributed by atoms with van der Waals surface area (Å²) in [7, 11) is -0.0737. The number of sulfone groups is 1. The van der Waals surface area contributed by atoms with Crippen LogP contribution in [0.4, 0.5) is 23.3 Å². The molecule has 0 fully saturated rings. The molecule has 0 unspecified atom stereocenters. The van der Waals surface area contributed by atoms with Crippen molar-refractivity contribution in [2.45, 2.75) is 16.7 Å². The minimum Gasteiger partial charge on any atom is -0.388 e. The monoisotopic (exact) mass is 384 g/mol. The molecular weight excluding hydrogens is 364 g/mol. The van der Waals surface area contributed by atoms with Crippen molar-refractivity contribution in [3.63, 3.8) is 0 Å². The van der Waals surface area contributed by atoms with Gasteiger partial charge in [0.1, 0.15) is 5.82 Å². The quantitative estimate of drug-likeness (QED) is 0.595. The van der Waals surface area contributed by atoms with Gasteiger partial charge in [0.25, 0.3) is 0 Å². The summed E-state index contributed by atoms with van der Waals surface area (Å²) < 4.78 is 25.5. The van der Waals surface area contributed by atoms with Crippen LogP contribution in [0.25, 0.3) is 0 Å². The van der Waals surface area contributed by atoms with E-state index in [0.29, 0.717) is 23.4 Å². The highest BCUT2D eigenvalue weighted by Gasteiger charge is 2.17. The van der Waals surface area contributed by atoms with Crippen LogP contribution in [0.3, 0.4) is 0 Å². The summed E-state index contributed by atoms with van der Waals surface area (Å²) in [5.74, 6) is 1.40. The lowest BCUT2D eigenvalue weighted by Crippen LogP contribution is -2.05. The molecule has 0 spiro atoms. The van der Waals surface area contributed by atoms with Gasteiger partial charge >= 0.3 is 0 Å². The predicted molar refractivity (Wildman–Crippen MR) is 105 cm³/mol. The Bertz CT molecular complexity index is 1030. The first-order chi connectivity index (χ1) is 12.9. The van der Waals surface area contributed by atoms with Crippen molar-refractivity contribution in [3.05, 3.63) is 54.4 Å². The van der Waals surface area contributed by atoms with Crippen molar-refractivity contribution in [2.75, 3.05) is 30.0 Å². The molecule has 9 heteroatoms. The highest BCUT2D eigenvalue weighted by molar-refractivity contribution is 7.91. The van der Waals surface area contributed by atoms with Gasteiger partial charge in [0.15, 0.2) is 0 Å². The number of rotatable bonds is 6. The number of nitrogens with one attached hydrogen (secondary N) is 3. The fourth-order valence-corrected chi connectivity index (χ4v) is 3.69. The van der Waals surface area contributed by atoms with Gasteiger partial charge in [-0.25, -0.2) is 8.42 Å². The van der Waals surface area contributed by atoms with Gasteiger partial charge in [0.2, 0.25) is 21.7 Å². The van der Waals surface area contributed by atoms with Crippen molar-refractivity contribution in [1.29, 1.82) is 0 Å². The Hall–Kier alpha value is -3.20. The van der Waals surface area contributed by atoms with Crippen LogP contribution in [-0.4, -0.2) is 37.5 Å². The van der Waals surface area contributed by atoms with Gasteiger partial charge < -0.3 is 16.0 Å². The third kappa shape index (κ3) is 4.14. The zero-order valence-electron chi connectivity index (χ0n) is 15.2. The van der Waals surface area contributed by atoms with Crippen molar-refractivity contribution < 1.29 is 8.42 Å². The van der Waals surface area contributed by atoms with Crippen molar-refractivity contribution in [3.8, 4) is 0 Å². The van der Waals surface area contributed by atoms with E-state index in [2.05, 4.69) is 30.9 Å². The molecule has 3 N–H and O–H groups in total. The lowest BCUT2D eigenvalue weighted by Gasteiger charge is -2.09. The maximum atomic E-state index is 12.7. The molecular formula is C18H20N6O2S. The number of hydrogen-bond acceptors (Lipinski definition) is 8. The molecule has 0 amide bonds. The van der Waals surface area contributed by atoms with E-state index >= 15 is 0 Å². The summed E-state index contributed by atoms with van der Waals surface area (Å²) in [4.78, 5) is 13.0. The smallest absolute Gasteiger partial charge is 0.232 e. The summed E-state index contributed by atoms with van der Waals surface area (Å²) in [6.07, 6.45) is 0. The number of aromatic nitrogens is 3. The second-order valence-electron chi connectivity index (χ2n) is 5.71. The normalized spacial score (nSPS) is 11.1. The Balaban J connectivity index is 1.83. The Morgan fingerprint density at radius 3 is 1.74 bits per heavy atom. The van der Waals surface area contributed by atoms with E-state index in [0.717, 1.165) is 5.69 Å². The summed E-state index contributed by atoms with van der Waals surface area (Å²) in [5, 5.41) is 8.88. The summed E-state index contributed by atoms with van der Waals surface area (Å²) in [6, 6.07) is 13.1. The van der Waals surface area contributed by atoms with Crippen LogP contribution in [0.2, 0.25) is 0 Å². The fraction of sp³-hybridized carbons (Fsp3) is 0.167. The van der Waals surface area contributed by atoms with Crippen molar-refractivity contribution >= 4 is 33.1 Å². The molecule has 3 rings (SSSR count). The molecule has 140 valence electrons. The highest BCUT2D eigenvalue weighted by atomic mass is 32.2. The molecule has 0 saturated carbocycles. The van der Waals surface area contributed by atoms with E-state index in [-0.39, 0.29) is 9.79 Å². The molecule has 3 aromatic rings. The Labute approximate surface area is 158 Å². The van der Waals surface area contributed by atoms with Crippen LogP contribution in [0, 0.1) is 6.92 Å². The molecule has 0 aliphatic carbocycles. The first-order valence-corrected chi connectivity index (χ1v) is 9.71. The molecule has 0 saturated heterocycles. The number of aryl methyl sites for hydroxylation is 1. The average molecular weight is 384 g/mol. The maximum absolute atomic E-state index is 12.7. The lowest BCUT2D eigenvalue weighted by atomic mass is 10.3. The fourth-order valence-electron chi connectivity index (χ4n) is 2.43. The van der Waals surface area contributed by atoms with E-state index in [1.807, 2.05) is 0 Å². The van der Waals surface area contributed by atoms with Crippen LogP contribution in [0.15, 0.2) is 58.3 Å². The van der Waals surface area contributed by atoms with Crippen molar-refractivity contribution in [2.24, 2.45) is 0 Å². The second-order valence-corrected chi connectivity index (χ2v) is 7.66. The zero-order chi connectivity index (χ0) is 19.4. The van der Waals surface area contributed by atoms with E-state index < -0.39 is 9.84 Å². The van der Waals surface area contributed by atoms with E-state index in [4.69, 9.17) is 0 Å². The van der Waals surface area contributed by atoms with Gasteiger partial charge in [-0.2, -0.15) is 15.0 Å². The van der Waals surface area contributed by atoms with Crippen LogP contribution in [0.1, 0.15) is 5.82 Å². The number of nitrogens with zero attached hydrogens (tertiary/aromatic N) is 3. The van der Waals surface area contributed by atoms with Gasteiger partial charge in [-0.1, -0.05) is 0 Å². The molecule has 0 radical (unpaired) electrons. The van der Waals surface area contributed by atoms with Crippen molar-refractivity contribution in [1.82, 2.24) is 15.0 Å². The molecule has 0 atom stereocenters. The van der Waals surface area contributed by atoms with E-state index in [1.54, 1.807) is 69.6 Å². The largest absolute Gasteiger partial charge is 0.388 e. The Morgan fingerprint density at radius 1 is 0.704 bits per heavy atom. The molecule has 0 bridgehead atoms. The standard InChI is InChI=1S/C18H20N6O2S/c1-12-21-17(20-3)24-18(22-12)23-14-6-10-16(11-7-14)27(25,26)15-8-4-13(19-2)5-9-15/h4-11,19H,1-3H3,(H2,20,21,22,23,24). The van der Waals surface area contributed by atoms with Gasteiger partial charge in [-0.15, -0.1) is 0 Å². The van der Waals surface area contributed by atoms with Crippen LogP contribution in [0.5, 0.6) is 0 Å². The molecule has 1 heterocycles. The molecule has 2 aromatic carbocycles. The van der Waals surface area contributed by atoms with Gasteiger partial charge in [-0.05, 0) is 55.5 Å².